The molecule has 0 aliphatic rings. The number of para-hydroxylation sites is 1. The van der Waals surface area contributed by atoms with Crippen molar-refractivity contribution in [3.63, 3.8) is 0 Å². The molecule has 0 aliphatic heterocycles. The van der Waals surface area contributed by atoms with Crippen molar-refractivity contribution in [1.29, 1.82) is 0 Å². The van der Waals surface area contributed by atoms with Gasteiger partial charge in [-0.05, 0) is 37.0 Å². The second kappa shape index (κ2) is 7.33. The van der Waals surface area contributed by atoms with Crippen molar-refractivity contribution in [1.82, 2.24) is 0 Å². The number of nitrogens with two attached hydrogens (primary N) is 1. The lowest BCUT2D eigenvalue weighted by Crippen LogP contribution is -2.07. The van der Waals surface area contributed by atoms with Crippen molar-refractivity contribution >= 4 is 11.7 Å². The Balaban J connectivity index is 1.83. The van der Waals surface area contributed by atoms with Crippen LogP contribution in [-0.4, -0.2) is 17.7 Å². The van der Waals surface area contributed by atoms with E-state index in [1.54, 1.807) is 12.1 Å². The molecule has 0 saturated carbocycles. The molecule has 0 atom stereocenters. The minimum atomic E-state index is -1.03. The molecule has 3 N–H and O–H groups in total. The van der Waals surface area contributed by atoms with Gasteiger partial charge in [-0.25, -0.2) is 4.79 Å². The summed E-state index contributed by atoms with van der Waals surface area (Å²) >= 11 is 0. The third kappa shape index (κ3) is 4.24. The molecule has 0 saturated heterocycles. The van der Waals surface area contributed by atoms with E-state index in [0.717, 1.165) is 19.3 Å². The zero-order valence-corrected chi connectivity index (χ0v) is 11.8. The molecule has 0 heterocycles. The van der Waals surface area contributed by atoms with Crippen LogP contribution in [0.3, 0.4) is 0 Å². The molecule has 0 spiro atoms. The fraction of sp³-hybridized carbons (Fsp3) is 0.235. The van der Waals surface area contributed by atoms with Gasteiger partial charge >= 0.3 is 5.97 Å². The van der Waals surface area contributed by atoms with Gasteiger partial charge in [0.15, 0.2) is 5.75 Å². The Hall–Kier alpha value is -2.49. The van der Waals surface area contributed by atoms with Gasteiger partial charge in [-0.15, -0.1) is 0 Å². The molecular weight excluding hydrogens is 266 g/mol. The van der Waals surface area contributed by atoms with Crippen LogP contribution in [0.2, 0.25) is 0 Å². The number of aromatic carboxylic acids is 1. The molecule has 4 heteroatoms. The lowest BCUT2D eigenvalue weighted by molar-refractivity contribution is 0.0692. The van der Waals surface area contributed by atoms with Crippen LogP contribution in [0.4, 0.5) is 5.69 Å². The summed E-state index contributed by atoms with van der Waals surface area (Å²) in [4.78, 5) is 11.1. The Kier molecular flexibility index (Phi) is 5.21. The van der Waals surface area contributed by atoms with E-state index in [1.807, 2.05) is 18.2 Å². The Bertz CT molecular complexity index is 596. The van der Waals surface area contributed by atoms with Crippen LogP contribution < -0.4 is 10.5 Å². The highest BCUT2D eigenvalue weighted by Gasteiger charge is 2.13. The summed E-state index contributed by atoms with van der Waals surface area (Å²) in [6, 6.07) is 15.0. The Morgan fingerprint density at radius 3 is 2.52 bits per heavy atom. The Labute approximate surface area is 124 Å². The average Bonchev–Trinajstić information content (AvgIpc) is 2.49. The summed E-state index contributed by atoms with van der Waals surface area (Å²) in [7, 11) is 0. The number of unbranched alkanes of at least 4 members (excludes halogenated alkanes) is 1. The van der Waals surface area contributed by atoms with Crippen molar-refractivity contribution in [2.75, 3.05) is 12.3 Å². The number of carbonyl (C=O) groups is 1. The van der Waals surface area contributed by atoms with Crippen molar-refractivity contribution in [3.8, 4) is 5.75 Å². The largest absolute Gasteiger partial charge is 0.491 e. The van der Waals surface area contributed by atoms with Gasteiger partial charge in [-0.2, -0.15) is 0 Å². The number of nitrogen functional groups attached to an aromatic ring is 1. The molecule has 2 aromatic carbocycles. The monoisotopic (exact) mass is 285 g/mol. The topological polar surface area (TPSA) is 72.6 Å². The van der Waals surface area contributed by atoms with E-state index in [0.29, 0.717) is 12.3 Å². The van der Waals surface area contributed by atoms with E-state index >= 15 is 0 Å². The molecule has 0 aromatic heterocycles. The minimum absolute atomic E-state index is 0.109. The summed E-state index contributed by atoms with van der Waals surface area (Å²) in [5, 5.41) is 9.11. The summed E-state index contributed by atoms with van der Waals surface area (Å²) in [6.07, 6.45) is 2.82. The van der Waals surface area contributed by atoms with Crippen LogP contribution in [0.15, 0.2) is 48.5 Å². The number of hydrogen-bond donors (Lipinski definition) is 2. The molecule has 0 fully saturated rings. The number of rotatable bonds is 7. The summed E-state index contributed by atoms with van der Waals surface area (Å²) < 4.78 is 5.56. The predicted octanol–water partition coefficient (Wildman–Crippen LogP) is 3.37. The third-order valence-corrected chi connectivity index (χ3v) is 3.22. The highest BCUT2D eigenvalue weighted by Crippen LogP contribution is 2.26. The highest BCUT2D eigenvalue weighted by atomic mass is 16.5. The van der Waals surface area contributed by atoms with Crippen LogP contribution >= 0.6 is 0 Å². The predicted molar refractivity (Wildman–Crippen MR) is 82.7 cm³/mol. The summed E-state index contributed by atoms with van der Waals surface area (Å²) in [6.45, 7) is 0.460. The van der Waals surface area contributed by atoms with E-state index in [-0.39, 0.29) is 11.3 Å². The first-order valence-corrected chi connectivity index (χ1v) is 6.97. The SMILES string of the molecule is Nc1cccc(C(=O)O)c1OCCCCc1ccccc1. The van der Waals surface area contributed by atoms with Gasteiger partial charge in [0.2, 0.25) is 0 Å². The van der Waals surface area contributed by atoms with Crippen LogP contribution in [0.1, 0.15) is 28.8 Å². The van der Waals surface area contributed by atoms with Crippen LogP contribution in [0.5, 0.6) is 5.75 Å². The maximum Gasteiger partial charge on any atom is 0.339 e. The third-order valence-electron chi connectivity index (χ3n) is 3.22. The van der Waals surface area contributed by atoms with Gasteiger partial charge in [-0.3, -0.25) is 0 Å². The molecule has 0 bridgehead atoms. The molecule has 0 radical (unpaired) electrons. The van der Waals surface area contributed by atoms with Gasteiger partial charge in [0.1, 0.15) is 5.56 Å². The summed E-state index contributed by atoms with van der Waals surface area (Å²) in [5.74, 6) is -0.758. The maximum absolute atomic E-state index is 11.1. The first-order chi connectivity index (χ1) is 10.2. The number of carboxylic acids is 1. The van der Waals surface area contributed by atoms with Crippen LogP contribution in [0, 0.1) is 0 Å². The van der Waals surface area contributed by atoms with E-state index in [1.165, 1.54) is 11.6 Å². The number of benzene rings is 2. The summed E-state index contributed by atoms with van der Waals surface area (Å²) in [5.41, 5.74) is 7.54. The zero-order valence-electron chi connectivity index (χ0n) is 11.8. The second-order valence-corrected chi connectivity index (χ2v) is 4.82. The molecule has 2 aromatic rings. The second-order valence-electron chi connectivity index (χ2n) is 4.82. The maximum atomic E-state index is 11.1. The van der Waals surface area contributed by atoms with E-state index in [2.05, 4.69) is 12.1 Å². The number of carboxylic acid groups (broad SMARTS) is 1. The van der Waals surface area contributed by atoms with Gasteiger partial charge in [0, 0.05) is 0 Å². The molecule has 2 rings (SSSR count). The van der Waals surface area contributed by atoms with E-state index < -0.39 is 5.97 Å². The number of aryl methyl sites for hydroxylation is 1. The molecule has 4 nitrogen and oxygen atoms in total. The molecule has 0 aliphatic carbocycles. The fourth-order valence-electron chi connectivity index (χ4n) is 2.13. The normalized spacial score (nSPS) is 10.3. The molecular formula is C17H19NO3. The first kappa shape index (κ1) is 14.9. The number of anilines is 1. The van der Waals surface area contributed by atoms with Gasteiger partial charge in [0.25, 0.3) is 0 Å². The minimum Gasteiger partial charge on any atom is -0.491 e. The van der Waals surface area contributed by atoms with Crippen molar-refractivity contribution in [2.24, 2.45) is 0 Å². The van der Waals surface area contributed by atoms with Crippen molar-refractivity contribution in [2.45, 2.75) is 19.3 Å². The van der Waals surface area contributed by atoms with Crippen molar-refractivity contribution < 1.29 is 14.6 Å². The number of ether oxygens (including phenoxy) is 1. The average molecular weight is 285 g/mol. The fourth-order valence-corrected chi connectivity index (χ4v) is 2.13. The van der Waals surface area contributed by atoms with Gasteiger partial charge < -0.3 is 15.6 Å². The van der Waals surface area contributed by atoms with E-state index in [4.69, 9.17) is 15.6 Å². The zero-order chi connectivity index (χ0) is 15.1. The lowest BCUT2D eigenvalue weighted by atomic mass is 10.1. The number of hydrogen-bond acceptors (Lipinski definition) is 3. The lowest BCUT2D eigenvalue weighted by Gasteiger charge is -2.11. The van der Waals surface area contributed by atoms with Gasteiger partial charge in [-0.1, -0.05) is 36.4 Å². The Morgan fingerprint density at radius 1 is 1.05 bits per heavy atom. The molecule has 0 amide bonds. The first-order valence-electron chi connectivity index (χ1n) is 6.97. The van der Waals surface area contributed by atoms with Gasteiger partial charge in [0.05, 0.1) is 12.3 Å². The smallest absolute Gasteiger partial charge is 0.339 e. The molecule has 21 heavy (non-hydrogen) atoms. The van der Waals surface area contributed by atoms with Crippen LogP contribution in [-0.2, 0) is 6.42 Å². The molecule has 0 unspecified atom stereocenters. The quantitative estimate of drug-likeness (QED) is 0.604. The molecule has 110 valence electrons. The van der Waals surface area contributed by atoms with Crippen LogP contribution in [0.25, 0.3) is 0 Å². The highest BCUT2D eigenvalue weighted by molar-refractivity contribution is 5.93. The van der Waals surface area contributed by atoms with Crippen molar-refractivity contribution in [3.05, 3.63) is 59.7 Å². The Morgan fingerprint density at radius 2 is 1.81 bits per heavy atom. The van der Waals surface area contributed by atoms with E-state index in [9.17, 15) is 4.79 Å². The standard InChI is InChI=1S/C17H19NO3/c18-15-11-6-10-14(17(19)20)16(15)21-12-5-4-9-13-7-2-1-3-8-13/h1-3,6-8,10-11H,4-5,9,12,18H2,(H,19,20).